The van der Waals surface area contributed by atoms with Crippen LogP contribution in [0.3, 0.4) is 0 Å². The molecule has 0 radical (unpaired) electrons. The number of pyridine rings is 1. The van der Waals surface area contributed by atoms with Gasteiger partial charge in [-0.3, -0.25) is 4.98 Å². The van der Waals surface area contributed by atoms with Crippen LogP contribution in [0.2, 0.25) is 0 Å². The van der Waals surface area contributed by atoms with E-state index in [2.05, 4.69) is 133 Å². The summed E-state index contributed by atoms with van der Waals surface area (Å²) in [6.45, 7) is 9.91. The number of nitrogens with zero attached hydrogens (tertiary/aromatic N) is 4. The van der Waals surface area contributed by atoms with Crippen molar-refractivity contribution in [3.05, 3.63) is 163 Å². The van der Waals surface area contributed by atoms with Crippen LogP contribution in [0.1, 0.15) is 41.8 Å². The van der Waals surface area contributed by atoms with Gasteiger partial charge in [0.1, 0.15) is 0 Å². The maximum absolute atomic E-state index is 5.07. The second-order valence-electron chi connectivity index (χ2n) is 11.2. The predicted molar refractivity (Wildman–Crippen MR) is 187 cm³/mol. The third-order valence-electron chi connectivity index (χ3n) is 7.90. The summed E-state index contributed by atoms with van der Waals surface area (Å²) in [6, 6.07) is 29.6. The Hall–Kier alpha value is -5.48. The van der Waals surface area contributed by atoms with Crippen LogP contribution in [0.5, 0.6) is 0 Å². The summed E-state index contributed by atoms with van der Waals surface area (Å²) < 4.78 is 0. The van der Waals surface area contributed by atoms with Crippen molar-refractivity contribution in [1.29, 1.82) is 0 Å². The third-order valence-corrected chi connectivity index (χ3v) is 7.90. The molecular weight excluding hydrogens is 548 g/mol. The molecule has 3 aromatic carbocycles. The van der Waals surface area contributed by atoms with Crippen molar-refractivity contribution in [2.75, 3.05) is 0 Å². The minimum atomic E-state index is 0.333. The Balaban J connectivity index is 1.49. The van der Waals surface area contributed by atoms with Gasteiger partial charge in [0.15, 0.2) is 17.5 Å². The molecule has 2 heterocycles. The highest BCUT2D eigenvalue weighted by molar-refractivity contribution is 5.78. The standard InChI is InChI=1S/C41H36N4/c1-5-7-14-30(6-2)32-17-11-20-35(25-32)39-43-40(36-21-12-18-33(26-36)31-15-9-8-10-16-31)45-41(44-39)37-22-13-19-34(27-37)38-23-28(3)42-29(4)24-38/h5-15,17-27,31H,1,16H2,2-4H3/b14-7-,30-6+. The molecule has 4 nitrogen and oxygen atoms in total. The number of benzene rings is 3. The number of aromatic nitrogens is 4. The molecule has 1 aliphatic rings. The molecule has 0 saturated carbocycles. The zero-order chi connectivity index (χ0) is 31.2. The van der Waals surface area contributed by atoms with E-state index in [0.29, 0.717) is 23.4 Å². The Labute approximate surface area is 266 Å². The maximum atomic E-state index is 5.07. The lowest BCUT2D eigenvalue weighted by atomic mass is 9.91. The predicted octanol–water partition coefficient (Wildman–Crippen LogP) is 10.3. The van der Waals surface area contributed by atoms with Gasteiger partial charge in [0.05, 0.1) is 0 Å². The molecule has 0 N–H and O–H groups in total. The molecule has 0 fully saturated rings. The van der Waals surface area contributed by atoms with Crippen LogP contribution in [0.25, 0.3) is 50.9 Å². The van der Waals surface area contributed by atoms with Gasteiger partial charge in [-0.1, -0.05) is 110 Å². The minimum absolute atomic E-state index is 0.333. The Kier molecular flexibility index (Phi) is 8.84. The minimum Gasteiger partial charge on any atom is -0.258 e. The zero-order valence-corrected chi connectivity index (χ0v) is 26.0. The average molecular weight is 585 g/mol. The molecule has 0 amide bonds. The van der Waals surface area contributed by atoms with Gasteiger partial charge in [0.2, 0.25) is 0 Å². The third kappa shape index (κ3) is 6.86. The van der Waals surface area contributed by atoms with Crippen molar-refractivity contribution in [2.45, 2.75) is 33.1 Å². The van der Waals surface area contributed by atoms with Crippen molar-refractivity contribution in [3.63, 3.8) is 0 Å². The fraction of sp³-hybridized carbons (Fsp3) is 0.122. The van der Waals surface area contributed by atoms with Gasteiger partial charge in [-0.15, -0.1) is 0 Å². The lowest BCUT2D eigenvalue weighted by Crippen LogP contribution is -2.02. The van der Waals surface area contributed by atoms with Gasteiger partial charge in [-0.25, -0.2) is 15.0 Å². The molecule has 220 valence electrons. The topological polar surface area (TPSA) is 51.6 Å². The van der Waals surface area contributed by atoms with Gasteiger partial charge in [0.25, 0.3) is 0 Å². The van der Waals surface area contributed by atoms with Crippen molar-refractivity contribution in [1.82, 2.24) is 19.9 Å². The molecule has 1 unspecified atom stereocenters. The molecule has 0 spiro atoms. The normalized spacial score (nSPS) is 14.6. The summed E-state index contributed by atoms with van der Waals surface area (Å²) in [5.74, 6) is 2.25. The van der Waals surface area contributed by atoms with Gasteiger partial charge in [-0.2, -0.15) is 0 Å². The molecule has 0 bridgehead atoms. The van der Waals surface area contributed by atoms with Crippen LogP contribution in [0.4, 0.5) is 0 Å². The lowest BCUT2D eigenvalue weighted by molar-refractivity contribution is 0.854. The van der Waals surface area contributed by atoms with Crippen molar-refractivity contribution in [3.8, 4) is 45.3 Å². The molecule has 45 heavy (non-hydrogen) atoms. The number of rotatable bonds is 8. The molecule has 4 heteroatoms. The van der Waals surface area contributed by atoms with E-state index in [-0.39, 0.29) is 0 Å². The Morgan fingerprint density at radius 3 is 1.96 bits per heavy atom. The molecule has 0 saturated heterocycles. The van der Waals surface area contributed by atoms with Gasteiger partial charge >= 0.3 is 0 Å². The number of hydrogen-bond donors (Lipinski definition) is 0. The molecule has 6 rings (SSSR count). The highest BCUT2D eigenvalue weighted by atomic mass is 15.0. The first kappa shape index (κ1) is 29.6. The summed E-state index contributed by atoms with van der Waals surface area (Å²) in [5.41, 5.74) is 10.5. The second kappa shape index (κ2) is 13.4. The number of allylic oxidation sites excluding steroid dienone is 9. The van der Waals surface area contributed by atoms with E-state index in [4.69, 9.17) is 15.0 Å². The summed E-state index contributed by atoms with van der Waals surface area (Å²) in [6.07, 6.45) is 17.6. The first-order chi connectivity index (χ1) is 22.0. The van der Waals surface area contributed by atoms with E-state index in [9.17, 15) is 0 Å². The molecule has 1 atom stereocenters. The Bertz CT molecular complexity index is 1970. The average Bonchev–Trinajstić information content (AvgIpc) is 3.08. The first-order valence-corrected chi connectivity index (χ1v) is 15.3. The van der Waals surface area contributed by atoms with Crippen molar-refractivity contribution in [2.24, 2.45) is 0 Å². The van der Waals surface area contributed by atoms with Gasteiger partial charge in [0, 0.05) is 34.0 Å². The van der Waals surface area contributed by atoms with Crippen LogP contribution in [0.15, 0.2) is 140 Å². The second-order valence-corrected chi connectivity index (χ2v) is 11.2. The summed E-state index contributed by atoms with van der Waals surface area (Å²) in [4.78, 5) is 19.8. The highest BCUT2D eigenvalue weighted by Crippen LogP contribution is 2.32. The van der Waals surface area contributed by atoms with Gasteiger partial charge < -0.3 is 0 Å². The van der Waals surface area contributed by atoms with E-state index in [1.54, 1.807) is 6.08 Å². The van der Waals surface area contributed by atoms with Crippen molar-refractivity contribution < 1.29 is 0 Å². The smallest absolute Gasteiger partial charge is 0.164 e. The molecular formula is C41H36N4. The number of aryl methyl sites for hydroxylation is 2. The molecule has 0 aliphatic heterocycles. The Morgan fingerprint density at radius 2 is 1.31 bits per heavy atom. The summed E-state index contributed by atoms with van der Waals surface area (Å²) >= 11 is 0. The Morgan fingerprint density at radius 1 is 0.689 bits per heavy atom. The molecule has 5 aromatic rings. The van der Waals surface area contributed by atoms with Crippen LogP contribution < -0.4 is 0 Å². The van der Waals surface area contributed by atoms with E-state index >= 15 is 0 Å². The van der Waals surface area contributed by atoms with Crippen LogP contribution in [0, 0.1) is 13.8 Å². The molecule has 2 aromatic heterocycles. The van der Waals surface area contributed by atoms with Crippen LogP contribution >= 0.6 is 0 Å². The largest absolute Gasteiger partial charge is 0.258 e. The fourth-order valence-electron chi connectivity index (χ4n) is 5.71. The summed E-state index contributed by atoms with van der Waals surface area (Å²) in [5, 5.41) is 0. The van der Waals surface area contributed by atoms with E-state index in [1.165, 1.54) is 5.56 Å². The fourth-order valence-corrected chi connectivity index (χ4v) is 5.71. The molecule has 1 aliphatic carbocycles. The summed E-state index contributed by atoms with van der Waals surface area (Å²) in [7, 11) is 0. The van der Waals surface area contributed by atoms with E-state index < -0.39 is 0 Å². The number of hydrogen-bond acceptors (Lipinski definition) is 4. The highest BCUT2D eigenvalue weighted by Gasteiger charge is 2.16. The maximum Gasteiger partial charge on any atom is 0.164 e. The lowest BCUT2D eigenvalue weighted by Gasteiger charge is -2.15. The quantitative estimate of drug-likeness (QED) is 0.170. The zero-order valence-electron chi connectivity index (χ0n) is 26.0. The first-order valence-electron chi connectivity index (χ1n) is 15.3. The van der Waals surface area contributed by atoms with Crippen LogP contribution in [-0.2, 0) is 0 Å². The van der Waals surface area contributed by atoms with Crippen molar-refractivity contribution >= 4 is 5.57 Å². The SMILES string of the molecule is C=C/C=C\C(=C/C)c1cccc(-c2nc(-c3cccc(-c4cc(C)nc(C)c4)c3)nc(-c3cccc(C4C=CC=CC4)c3)n2)c1. The van der Waals surface area contributed by atoms with Gasteiger partial charge in [-0.05, 0) is 85.4 Å². The van der Waals surface area contributed by atoms with Crippen LogP contribution in [-0.4, -0.2) is 19.9 Å². The monoisotopic (exact) mass is 584 g/mol. The van der Waals surface area contributed by atoms with E-state index in [0.717, 1.165) is 56.8 Å². The van der Waals surface area contributed by atoms with E-state index in [1.807, 2.05) is 26.8 Å².